The predicted molar refractivity (Wildman–Crippen MR) is 98.3 cm³/mol. The van der Waals surface area contributed by atoms with Crippen molar-refractivity contribution in [1.82, 2.24) is 14.7 Å². The largest absolute Gasteiger partial charge is 0.342 e. The number of amides is 2. The zero-order valence-corrected chi connectivity index (χ0v) is 15.3. The number of halogens is 1. The maximum atomic E-state index is 12.9. The molecule has 7 heteroatoms. The van der Waals surface area contributed by atoms with Crippen LogP contribution in [0, 0.1) is 5.82 Å². The van der Waals surface area contributed by atoms with Crippen molar-refractivity contribution in [2.45, 2.75) is 25.8 Å². The number of carbonyl (C=O) groups is 2. The Bertz CT molecular complexity index is 623. The minimum Gasteiger partial charge on any atom is -0.342 e. The van der Waals surface area contributed by atoms with E-state index in [0.29, 0.717) is 12.2 Å². The van der Waals surface area contributed by atoms with Crippen LogP contribution in [0.1, 0.15) is 19.8 Å². The number of hydrogen-bond donors (Lipinski definition) is 1. The molecule has 1 aromatic rings. The maximum Gasteiger partial charge on any atom is 0.241 e. The molecule has 3 rings (SSSR count). The molecule has 2 amide bonds. The lowest BCUT2D eigenvalue weighted by molar-refractivity contribution is -0.132. The third-order valence-electron chi connectivity index (χ3n) is 5.26. The van der Waals surface area contributed by atoms with Gasteiger partial charge in [0.1, 0.15) is 5.82 Å². The molecule has 2 aliphatic heterocycles. The van der Waals surface area contributed by atoms with E-state index < -0.39 is 0 Å². The Morgan fingerprint density at radius 2 is 1.65 bits per heavy atom. The highest BCUT2D eigenvalue weighted by Gasteiger charge is 2.27. The maximum absolute atomic E-state index is 12.9. The van der Waals surface area contributed by atoms with E-state index in [1.54, 1.807) is 12.1 Å². The standard InChI is InChI=1S/C19H27FN4O2/c1-15(19(26)21-17-6-4-16(20)5-7-17)23-12-10-22(11-13-23)14-18(25)24-8-2-3-9-24/h4-7,15H,2-3,8-14H2,1H3,(H,21,26)/t15-/m1/s1. The van der Waals surface area contributed by atoms with Crippen molar-refractivity contribution >= 4 is 17.5 Å². The molecule has 1 N–H and O–H groups in total. The van der Waals surface area contributed by atoms with E-state index in [2.05, 4.69) is 15.1 Å². The van der Waals surface area contributed by atoms with Crippen LogP contribution in [0.3, 0.4) is 0 Å². The summed E-state index contributed by atoms with van der Waals surface area (Å²) in [6.07, 6.45) is 2.22. The van der Waals surface area contributed by atoms with E-state index in [9.17, 15) is 14.0 Å². The molecule has 2 aliphatic rings. The molecular formula is C19H27FN4O2. The summed E-state index contributed by atoms with van der Waals surface area (Å²) in [6, 6.07) is 5.51. The number of anilines is 1. The SMILES string of the molecule is C[C@H](C(=O)Nc1ccc(F)cc1)N1CCN(CC(=O)N2CCCC2)CC1. The van der Waals surface area contributed by atoms with Crippen LogP contribution in [0.15, 0.2) is 24.3 Å². The number of carbonyl (C=O) groups excluding carboxylic acids is 2. The van der Waals surface area contributed by atoms with Crippen molar-refractivity contribution in [3.05, 3.63) is 30.1 Å². The number of benzene rings is 1. The van der Waals surface area contributed by atoms with Gasteiger partial charge in [-0.2, -0.15) is 0 Å². The predicted octanol–water partition coefficient (Wildman–Crippen LogP) is 1.39. The first-order chi connectivity index (χ1) is 12.5. The average molecular weight is 362 g/mol. The second kappa shape index (κ2) is 8.60. The minimum absolute atomic E-state index is 0.0989. The molecule has 0 aliphatic carbocycles. The zero-order valence-electron chi connectivity index (χ0n) is 15.3. The summed E-state index contributed by atoms with van der Waals surface area (Å²) in [5.41, 5.74) is 0.595. The normalized spacial score (nSPS) is 20.2. The van der Waals surface area contributed by atoms with Crippen LogP contribution < -0.4 is 5.32 Å². The van der Waals surface area contributed by atoms with Crippen molar-refractivity contribution in [3.63, 3.8) is 0 Å². The van der Waals surface area contributed by atoms with Gasteiger partial charge in [-0.1, -0.05) is 0 Å². The lowest BCUT2D eigenvalue weighted by atomic mass is 10.2. The molecule has 0 spiro atoms. The summed E-state index contributed by atoms with van der Waals surface area (Å²) < 4.78 is 12.9. The highest BCUT2D eigenvalue weighted by Crippen LogP contribution is 2.13. The summed E-state index contributed by atoms with van der Waals surface area (Å²) in [6.45, 7) is 7.21. The van der Waals surface area contributed by atoms with Gasteiger partial charge in [0, 0.05) is 45.0 Å². The first-order valence-corrected chi connectivity index (χ1v) is 9.33. The lowest BCUT2D eigenvalue weighted by Crippen LogP contribution is -2.54. The Balaban J connectivity index is 1.43. The Hall–Kier alpha value is -1.99. The lowest BCUT2D eigenvalue weighted by Gasteiger charge is -2.37. The number of rotatable bonds is 5. The van der Waals surface area contributed by atoms with Crippen LogP contribution >= 0.6 is 0 Å². The van der Waals surface area contributed by atoms with Crippen molar-refractivity contribution < 1.29 is 14.0 Å². The molecule has 0 saturated carbocycles. The van der Waals surface area contributed by atoms with Crippen molar-refractivity contribution in [1.29, 1.82) is 0 Å². The number of nitrogens with one attached hydrogen (secondary N) is 1. The van der Waals surface area contributed by atoms with Crippen LogP contribution in [0.4, 0.5) is 10.1 Å². The molecule has 2 heterocycles. The van der Waals surface area contributed by atoms with Crippen LogP contribution in [-0.2, 0) is 9.59 Å². The molecular weight excluding hydrogens is 335 g/mol. The fraction of sp³-hybridized carbons (Fsp3) is 0.579. The number of likely N-dealkylation sites (tertiary alicyclic amines) is 1. The molecule has 0 unspecified atom stereocenters. The summed E-state index contributed by atoms with van der Waals surface area (Å²) >= 11 is 0. The number of hydrogen-bond acceptors (Lipinski definition) is 4. The zero-order chi connectivity index (χ0) is 18.5. The first-order valence-electron chi connectivity index (χ1n) is 9.33. The molecule has 2 fully saturated rings. The van der Waals surface area contributed by atoms with Crippen molar-refractivity contribution in [2.24, 2.45) is 0 Å². The van der Waals surface area contributed by atoms with Gasteiger partial charge >= 0.3 is 0 Å². The summed E-state index contributed by atoms with van der Waals surface area (Å²) in [5.74, 6) is -0.202. The smallest absolute Gasteiger partial charge is 0.241 e. The van der Waals surface area contributed by atoms with Crippen LogP contribution in [0.25, 0.3) is 0 Å². The van der Waals surface area contributed by atoms with E-state index in [0.717, 1.165) is 52.1 Å². The second-order valence-corrected chi connectivity index (χ2v) is 7.07. The molecule has 0 aromatic heterocycles. The molecule has 26 heavy (non-hydrogen) atoms. The van der Waals surface area contributed by atoms with Crippen LogP contribution in [0.5, 0.6) is 0 Å². The summed E-state index contributed by atoms with van der Waals surface area (Å²) in [4.78, 5) is 30.9. The summed E-state index contributed by atoms with van der Waals surface area (Å²) in [7, 11) is 0. The van der Waals surface area contributed by atoms with Crippen molar-refractivity contribution in [3.8, 4) is 0 Å². The molecule has 0 bridgehead atoms. The fourth-order valence-corrected chi connectivity index (χ4v) is 3.51. The fourth-order valence-electron chi connectivity index (χ4n) is 3.51. The van der Waals surface area contributed by atoms with Gasteiger partial charge in [-0.25, -0.2) is 4.39 Å². The van der Waals surface area contributed by atoms with Crippen LogP contribution in [-0.4, -0.2) is 78.4 Å². The Morgan fingerprint density at radius 1 is 1.04 bits per heavy atom. The molecule has 1 atom stereocenters. The van der Waals surface area contributed by atoms with Gasteiger partial charge in [0.05, 0.1) is 12.6 Å². The van der Waals surface area contributed by atoms with E-state index in [4.69, 9.17) is 0 Å². The monoisotopic (exact) mass is 362 g/mol. The van der Waals surface area contributed by atoms with Gasteiger partial charge in [-0.05, 0) is 44.0 Å². The topological polar surface area (TPSA) is 55.9 Å². The number of piperazine rings is 1. The average Bonchev–Trinajstić information content (AvgIpc) is 3.18. The summed E-state index contributed by atoms with van der Waals surface area (Å²) in [5, 5.41) is 2.83. The van der Waals surface area contributed by atoms with Crippen LogP contribution in [0.2, 0.25) is 0 Å². The number of nitrogens with zero attached hydrogens (tertiary/aromatic N) is 3. The first kappa shape index (κ1) is 18.8. The van der Waals surface area contributed by atoms with Gasteiger partial charge in [0.15, 0.2) is 0 Å². The molecule has 1 aromatic carbocycles. The molecule has 142 valence electrons. The van der Waals surface area contributed by atoms with Gasteiger partial charge in [-0.3, -0.25) is 19.4 Å². The van der Waals surface area contributed by atoms with Gasteiger partial charge < -0.3 is 10.2 Å². The van der Waals surface area contributed by atoms with Gasteiger partial charge in [-0.15, -0.1) is 0 Å². The Morgan fingerprint density at radius 3 is 2.27 bits per heavy atom. The quantitative estimate of drug-likeness (QED) is 0.860. The Labute approximate surface area is 153 Å². The van der Waals surface area contributed by atoms with Gasteiger partial charge in [0.2, 0.25) is 11.8 Å². The molecule has 2 saturated heterocycles. The van der Waals surface area contributed by atoms with E-state index in [-0.39, 0.29) is 23.7 Å². The second-order valence-electron chi connectivity index (χ2n) is 7.07. The third-order valence-corrected chi connectivity index (χ3v) is 5.26. The molecule has 0 radical (unpaired) electrons. The van der Waals surface area contributed by atoms with Gasteiger partial charge in [0.25, 0.3) is 0 Å². The minimum atomic E-state index is -0.323. The van der Waals surface area contributed by atoms with Crippen molar-refractivity contribution in [2.75, 3.05) is 51.1 Å². The third kappa shape index (κ3) is 4.80. The van der Waals surface area contributed by atoms with E-state index in [1.807, 2.05) is 11.8 Å². The highest BCUT2D eigenvalue weighted by molar-refractivity contribution is 5.94. The van der Waals surface area contributed by atoms with E-state index in [1.165, 1.54) is 12.1 Å². The van der Waals surface area contributed by atoms with E-state index >= 15 is 0 Å². The highest BCUT2D eigenvalue weighted by atomic mass is 19.1. The Kier molecular flexibility index (Phi) is 6.21. The molecule has 6 nitrogen and oxygen atoms in total.